The topological polar surface area (TPSA) is 69.7 Å². The second-order valence-electron chi connectivity index (χ2n) is 6.94. The van der Waals surface area contributed by atoms with Crippen molar-refractivity contribution in [3.05, 3.63) is 53.2 Å². The van der Waals surface area contributed by atoms with E-state index in [0.29, 0.717) is 32.1 Å². The van der Waals surface area contributed by atoms with E-state index in [2.05, 4.69) is 22.4 Å². The lowest BCUT2D eigenvalue weighted by molar-refractivity contribution is -0.121. The molecule has 0 saturated heterocycles. The van der Waals surface area contributed by atoms with E-state index in [1.165, 1.54) is 11.1 Å². The van der Waals surface area contributed by atoms with Gasteiger partial charge < -0.3 is 19.5 Å². The molecule has 1 amide bonds. The van der Waals surface area contributed by atoms with Crippen LogP contribution in [0.3, 0.4) is 0 Å². The molecule has 0 radical (unpaired) electrons. The first-order chi connectivity index (χ1) is 13.7. The van der Waals surface area contributed by atoms with Gasteiger partial charge in [0, 0.05) is 31.8 Å². The van der Waals surface area contributed by atoms with Gasteiger partial charge in [0.1, 0.15) is 12.4 Å². The number of carbonyl (C=O) groups excluding carboxylic acids is 1. The number of carbonyl (C=O) groups is 1. The van der Waals surface area contributed by atoms with E-state index in [1.54, 1.807) is 20.4 Å². The molecule has 3 rings (SSSR count). The molecule has 150 valence electrons. The fraction of sp³-hybridized carbons (Fsp3) is 0.455. The van der Waals surface area contributed by atoms with Gasteiger partial charge in [0.15, 0.2) is 0 Å². The van der Waals surface area contributed by atoms with Crippen LogP contribution >= 0.6 is 0 Å². The smallest absolute Gasteiger partial charge is 0.220 e. The zero-order chi connectivity index (χ0) is 19.8. The predicted molar refractivity (Wildman–Crippen MR) is 107 cm³/mol. The van der Waals surface area contributed by atoms with Crippen LogP contribution in [0.4, 0.5) is 0 Å². The Bertz CT molecular complexity index is 794. The summed E-state index contributed by atoms with van der Waals surface area (Å²) >= 11 is 0. The van der Waals surface area contributed by atoms with Crippen molar-refractivity contribution in [3.63, 3.8) is 0 Å². The average molecular weight is 384 g/mol. The summed E-state index contributed by atoms with van der Waals surface area (Å²) in [7, 11) is 3.31. The van der Waals surface area contributed by atoms with Crippen LogP contribution in [0, 0.1) is 0 Å². The highest BCUT2D eigenvalue weighted by atomic mass is 16.5. The van der Waals surface area contributed by atoms with Gasteiger partial charge in [-0.1, -0.05) is 12.1 Å². The first-order valence-corrected chi connectivity index (χ1v) is 9.70. The molecule has 1 aromatic heterocycles. The zero-order valence-electron chi connectivity index (χ0n) is 16.6. The Morgan fingerprint density at radius 1 is 1.25 bits per heavy atom. The van der Waals surface area contributed by atoms with E-state index in [1.807, 2.05) is 18.2 Å². The van der Waals surface area contributed by atoms with Crippen molar-refractivity contribution in [1.29, 1.82) is 0 Å². The third-order valence-electron chi connectivity index (χ3n) is 5.07. The van der Waals surface area contributed by atoms with E-state index in [9.17, 15) is 4.79 Å². The summed E-state index contributed by atoms with van der Waals surface area (Å²) in [6.07, 6.45) is 5.34. The molecule has 0 aliphatic heterocycles. The number of fused-ring (bicyclic) bond motifs is 1. The SMILES string of the molecule is COCCOc1ncccc1CNC(=O)CC1CCCc2cc(OC)ccc21. The van der Waals surface area contributed by atoms with E-state index in [-0.39, 0.29) is 11.8 Å². The molecule has 0 fully saturated rings. The summed E-state index contributed by atoms with van der Waals surface area (Å²) in [4.78, 5) is 16.8. The van der Waals surface area contributed by atoms with Crippen molar-refractivity contribution in [2.24, 2.45) is 0 Å². The number of aryl methyl sites for hydroxylation is 1. The van der Waals surface area contributed by atoms with Crippen LogP contribution in [0.1, 0.15) is 41.9 Å². The molecule has 2 aromatic rings. The van der Waals surface area contributed by atoms with Gasteiger partial charge in [-0.15, -0.1) is 0 Å². The number of hydrogen-bond donors (Lipinski definition) is 1. The highest BCUT2D eigenvalue weighted by molar-refractivity contribution is 5.77. The largest absolute Gasteiger partial charge is 0.497 e. The van der Waals surface area contributed by atoms with Gasteiger partial charge in [-0.3, -0.25) is 4.79 Å². The molecular weight excluding hydrogens is 356 g/mol. The summed E-state index contributed by atoms with van der Waals surface area (Å²) in [5, 5.41) is 3.02. The molecule has 0 saturated carbocycles. The summed E-state index contributed by atoms with van der Waals surface area (Å²) < 4.78 is 16.0. The first kappa shape index (κ1) is 20.1. The van der Waals surface area contributed by atoms with Crippen LogP contribution in [-0.4, -0.2) is 38.3 Å². The van der Waals surface area contributed by atoms with Gasteiger partial charge in [-0.05, 0) is 54.5 Å². The number of benzene rings is 1. The van der Waals surface area contributed by atoms with Crippen LogP contribution in [0.5, 0.6) is 11.6 Å². The Morgan fingerprint density at radius 3 is 2.96 bits per heavy atom. The summed E-state index contributed by atoms with van der Waals surface area (Å²) in [5.41, 5.74) is 3.43. The van der Waals surface area contributed by atoms with E-state index in [0.717, 1.165) is 30.6 Å². The van der Waals surface area contributed by atoms with Crippen LogP contribution in [0.25, 0.3) is 0 Å². The van der Waals surface area contributed by atoms with Crippen molar-refractivity contribution in [3.8, 4) is 11.6 Å². The second kappa shape index (κ2) is 10.1. The molecule has 0 spiro atoms. The van der Waals surface area contributed by atoms with Gasteiger partial charge in [0.25, 0.3) is 0 Å². The Balaban J connectivity index is 1.57. The lowest BCUT2D eigenvalue weighted by atomic mass is 9.81. The number of pyridine rings is 1. The van der Waals surface area contributed by atoms with Crippen molar-refractivity contribution < 1.29 is 19.0 Å². The maximum atomic E-state index is 12.6. The summed E-state index contributed by atoms with van der Waals surface area (Å²) in [6, 6.07) is 9.94. The molecule has 28 heavy (non-hydrogen) atoms. The minimum Gasteiger partial charge on any atom is -0.497 e. The molecule has 1 unspecified atom stereocenters. The lowest BCUT2D eigenvalue weighted by Gasteiger charge is -2.25. The standard InChI is InChI=1S/C22H28N2O4/c1-26-11-12-28-22-18(7-4-10-23-22)15-24-21(25)14-17-6-3-5-16-13-19(27-2)8-9-20(16)17/h4,7-10,13,17H,3,5-6,11-12,14-15H2,1-2H3,(H,24,25). The Hall–Kier alpha value is -2.60. The van der Waals surface area contributed by atoms with E-state index < -0.39 is 0 Å². The predicted octanol–water partition coefficient (Wildman–Crippen LogP) is 3.24. The van der Waals surface area contributed by atoms with Gasteiger partial charge >= 0.3 is 0 Å². The third-order valence-corrected chi connectivity index (χ3v) is 5.07. The number of nitrogens with one attached hydrogen (secondary N) is 1. The lowest BCUT2D eigenvalue weighted by Crippen LogP contribution is -2.26. The fourth-order valence-corrected chi connectivity index (χ4v) is 3.63. The molecule has 6 nitrogen and oxygen atoms in total. The van der Waals surface area contributed by atoms with Gasteiger partial charge in [0.05, 0.1) is 13.7 Å². The minimum absolute atomic E-state index is 0.0420. The Labute approximate surface area is 166 Å². The van der Waals surface area contributed by atoms with Crippen LogP contribution < -0.4 is 14.8 Å². The number of methoxy groups -OCH3 is 2. The number of rotatable bonds is 9. The molecule has 1 aromatic carbocycles. The maximum Gasteiger partial charge on any atom is 0.220 e. The number of hydrogen-bond acceptors (Lipinski definition) is 5. The third kappa shape index (κ3) is 5.23. The second-order valence-corrected chi connectivity index (χ2v) is 6.94. The van der Waals surface area contributed by atoms with Gasteiger partial charge in [-0.2, -0.15) is 0 Å². The van der Waals surface area contributed by atoms with Crippen LogP contribution in [0.2, 0.25) is 0 Å². The quantitative estimate of drug-likeness (QED) is 0.672. The zero-order valence-corrected chi connectivity index (χ0v) is 16.6. The van der Waals surface area contributed by atoms with Crippen LogP contribution in [-0.2, 0) is 22.5 Å². The number of amides is 1. The number of ether oxygens (including phenoxy) is 3. The van der Waals surface area contributed by atoms with Crippen molar-refractivity contribution in [1.82, 2.24) is 10.3 Å². The molecule has 1 atom stereocenters. The first-order valence-electron chi connectivity index (χ1n) is 9.70. The molecular formula is C22H28N2O4. The van der Waals surface area contributed by atoms with Gasteiger partial charge in [-0.25, -0.2) is 4.98 Å². The maximum absolute atomic E-state index is 12.6. The van der Waals surface area contributed by atoms with Crippen molar-refractivity contribution >= 4 is 5.91 Å². The highest BCUT2D eigenvalue weighted by Gasteiger charge is 2.23. The minimum atomic E-state index is 0.0420. The molecule has 0 bridgehead atoms. The summed E-state index contributed by atoms with van der Waals surface area (Å²) in [6.45, 7) is 1.32. The average Bonchev–Trinajstić information content (AvgIpc) is 2.73. The van der Waals surface area contributed by atoms with Crippen LogP contribution in [0.15, 0.2) is 36.5 Å². The highest BCUT2D eigenvalue weighted by Crippen LogP contribution is 2.35. The van der Waals surface area contributed by atoms with Gasteiger partial charge in [0.2, 0.25) is 11.8 Å². The van der Waals surface area contributed by atoms with E-state index in [4.69, 9.17) is 14.2 Å². The molecule has 1 heterocycles. The normalized spacial score (nSPS) is 15.6. The molecule has 1 aliphatic carbocycles. The molecule has 1 aliphatic rings. The van der Waals surface area contributed by atoms with Crippen molar-refractivity contribution in [2.75, 3.05) is 27.4 Å². The Kier molecular flexibility index (Phi) is 7.25. The molecule has 6 heteroatoms. The fourth-order valence-electron chi connectivity index (χ4n) is 3.63. The van der Waals surface area contributed by atoms with Crippen molar-refractivity contribution in [2.45, 2.75) is 38.1 Å². The monoisotopic (exact) mass is 384 g/mol. The Morgan fingerprint density at radius 2 is 2.14 bits per heavy atom. The molecule has 1 N–H and O–H groups in total. The summed E-state index contributed by atoms with van der Waals surface area (Å²) in [5.74, 6) is 1.71. The number of nitrogens with zero attached hydrogens (tertiary/aromatic N) is 1. The van der Waals surface area contributed by atoms with E-state index >= 15 is 0 Å². The number of aromatic nitrogens is 1.